The Kier molecular flexibility index (Phi) is 6.60. The second-order valence-electron chi connectivity index (χ2n) is 7.51. The summed E-state index contributed by atoms with van der Waals surface area (Å²) in [4.78, 5) is 38.5. The van der Waals surface area contributed by atoms with E-state index in [0.29, 0.717) is 24.4 Å². The molecule has 1 aromatic heterocycles. The van der Waals surface area contributed by atoms with Crippen LogP contribution in [0, 0.1) is 0 Å². The van der Waals surface area contributed by atoms with Crippen molar-refractivity contribution in [2.24, 2.45) is 0 Å². The Morgan fingerprint density at radius 2 is 1.88 bits per heavy atom. The average molecular weight is 432 g/mol. The quantitative estimate of drug-likeness (QED) is 0.591. The van der Waals surface area contributed by atoms with Gasteiger partial charge in [0.25, 0.3) is 11.5 Å². The molecular formula is C24H24N4O4. The zero-order valence-corrected chi connectivity index (χ0v) is 17.6. The molecule has 8 heteroatoms. The Morgan fingerprint density at radius 3 is 2.66 bits per heavy atom. The van der Waals surface area contributed by atoms with E-state index in [2.05, 4.69) is 10.4 Å². The van der Waals surface area contributed by atoms with Gasteiger partial charge in [0.1, 0.15) is 18.1 Å². The number of carbonyl (C=O) groups is 2. The van der Waals surface area contributed by atoms with Crippen molar-refractivity contribution in [3.63, 3.8) is 0 Å². The van der Waals surface area contributed by atoms with E-state index in [9.17, 15) is 14.4 Å². The lowest BCUT2D eigenvalue weighted by Gasteiger charge is -2.16. The summed E-state index contributed by atoms with van der Waals surface area (Å²) in [5.41, 5.74) is 1.36. The van der Waals surface area contributed by atoms with Crippen molar-refractivity contribution in [3.8, 4) is 5.75 Å². The van der Waals surface area contributed by atoms with E-state index in [1.165, 1.54) is 16.8 Å². The first-order chi connectivity index (χ1) is 15.6. The summed E-state index contributed by atoms with van der Waals surface area (Å²) >= 11 is 0. The maximum Gasteiger partial charge on any atom is 0.276 e. The first kappa shape index (κ1) is 21.3. The number of hydrogen-bond donors (Lipinski definition) is 1. The highest BCUT2D eigenvalue weighted by Gasteiger charge is 2.20. The molecule has 1 N–H and O–H groups in total. The molecule has 8 nitrogen and oxygen atoms in total. The second-order valence-corrected chi connectivity index (χ2v) is 7.51. The van der Waals surface area contributed by atoms with E-state index >= 15 is 0 Å². The number of aromatic nitrogens is 2. The predicted octanol–water partition coefficient (Wildman–Crippen LogP) is 2.70. The highest BCUT2D eigenvalue weighted by atomic mass is 16.5. The van der Waals surface area contributed by atoms with Gasteiger partial charge in [-0.3, -0.25) is 14.4 Å². The molecule has 2 amide bonds. The summed E-state index contributed by atoms with van der Waals surface area (Å²) in [6.07, 6.45) is 1.47. The van der Waals surface area contributed by atoms with E-state index in [0.717, 1.165) is 18.5 Å². The van der Waals surface area contributed by atoms with Crippen LogP contribution in [0.5, 0.6) is 5.75 Å². The number of anilines is 1. The number of amides is 2. The fourth-order valence-electron chi connectivity index (χ4n) is 3.53. The fourth-order valence-corrected chi connectivity index (χ4v) is 3.53. The molecule has 2 aromatic carbocycles. The number of rotatable bonds is 8. The molecule has 1 fully saturated rings. The molecule has 0 unspecified atom stereocenters. The van der Waals surface area contributed by atoms with Gasteiger partial charge in [-0.1, -0.05) is 30.3 Å². The normalized spacial score (nSPS) is 13.2. The molecule has 164 valence electrons. The molecule has 0 atom stereocenters. The molecular weight excluding hydrogens is 408 g/mol. The Morgan fingerprint density at radius 1 is 1.03 bits per heavy atom. The summed E-state index contributed by atoms with van der Waals surface area (Å²) in [5.74, 6) is 0.434. The zero-order valence-electron chi connectivity index (χ0n) is 17.6. The van der Waals surface area contributed by atoms with Gasteiger partial charge in [-0.2, -0.15) is 5.10 Å². The van der Waals surface area contributed by atoms with Crippen molar-refractivity contribution in [1.82, 2.24) is 14.7 Å². The Balaban J connectivity index is 1.39. The Bertz CT molecular complexity index is 1160. The van der Waals surface area contributed by atoms with Gasteiger partial charge >= 0.3 is 0 Å². The second kappa shape index (κ2) is 9.91. The van der Waals surface area contributed by atoms with Crippen molar-refractivity contribution in [1.29, 1.82) is 0 Å². The van der Waals surface area contributed by atoms with Gasteiger partial charge in [0, 0.05) is 31.3 Å². The van der Waals surface area contributed by atoms with Crippen LogP contribution in [0.3, 0.4) is 0 Å². The molecule has 3 aromatic rings. The van der Waals surface area contributed by atoms with Crippen LogP contribution in [-0.4, -0.2) is 39.6 Å². The summed E-state index contributed by atoms with van der Waals surface area (Å²) in [5, 5.41) is 6.99. The SMILES string of the molecule is O=C(Nc1cccc(CN2CCCC2=O)c1)c1ccc(=O)n(CCOc2ccccc2)n1. The highest BCUT2D eigenvalue weighted by Crippen LogP contribution is 2.17. The van der Waals surface area contributed by atoms with E-state index in [4.69, 9.17) is 4.74 Å². The van der Waals surface area contributed by atoms with Gasteiger partial charge in [0.15, 0.2) is 0 Å². The van der Waals surface area contributed by atoms with Crippen molar-refractivity contribution in [3.05, 3.63) is 88.3 Å². The summed E-state index contributed by atoms with van der Waals surface area (Å²) in [6.45, 7) is 1.75. The molecule has 1 aliphatic rings. The minimum absolute atomic E-state index is 0.129. The molecule has 0 saturated carbocycles. The van der Waals surface area contributed by atoms with E-state index < -0.39 is 5.91 Å². The summed E-state index contributed by atoms with van der Waals surface area (Å²) in [6, 6.07) is 19.4. The van der Waals surface area contributed by atoms with Crippen LogP contribution in [0.15, 0.2) is 71.5 Å². The average Bonchev–Trinajstić information content (AvgIpc) is 3.20. The van der Waals surface area contributed by atoms with Crippen molar-refractivity contribution in [2.45, 2.75) is 25.9 Å². The molecule has 1 saturated heterocycles. The summed E-state index contributed by atoms with van der Waals surface area (Å²) in [7, 11) is 0. The van der Waals surface area contributed by atoms with Gasteiger partial charge in [0.2, 0.25) is 5.91 Å². The molecule has 4 rings (SSSR count). The molecule has 0 aliphatic carbocycles. The molecule has 0 spiro atoms. The van der Waals surface area contributed by atoms with Crippen LogP contribution in [0.1, 0.15) is 28.9 Å². The topological polar surface area (TPSA) is 93.5 Å². The highest BCUT2D eigenvalue weighted by molar-refractivity contribution is 6.02. The lowest BCUT2D eigenvalue weighted by Crippen LogP contribution is -2.28. The number of ether oxygens (including phenoxy) is 1. The molecule has 2 heterocycles. The van der Waals surface area contributed by atoms with Crippen LogP contribution in [-0.2, 0) is 17.9 Å². The molecule has 1 aliphatic heterocycles. The van der Waals surface area contributed by atoms with Gasteiger partial charge < -0.3 is 15.0 Å². The van der Waals surface area contributed by atoms with Gasteiger partial charge in [-0.15, -0.1) is 0 Å². The third-order valence-corrected chi connectivity index (χ3v) is 5.14. The molecule has 0 bridgehead atoms. The van der Waals surface area contributed by atoms with Crippen molar-refractivity contribution < 1.29 is 14.3 Å². The number of benzene rings is 2. The minimum atomic E-state index is -0.419. The number of nitrogens with one attached hydrogen (secondary N) is 1. The lowest BCUT2D eigenvalue weighted by atomic mass is 10.2. The van der Waals surface area contributed by atoms with Crippen LogP contribution >= 0.6 is 0 Å². The monoisotopic (exact) mass is 432 g/mol. The number of nitrogens with zero attached hydrogens (tertiary/aromatic N) is 3. The van der Waals surface area contributed by atoms with Crippen LogP contribution in [0.4, 0.5) is 5.69 Å². The summed E-state index contributed by atoms with van der Waals surface area (Å²) < 4.78 is 6.82. The lowest BCUT2D eigenvalue weighted by molar-refractivity contribution is -0.128. The number of para-hydroxylation sites is 1. The third kappa shape index (κ3) is 5.40. The van der Waals surface area contributed by atoms with Crippen molar-refractivity contribution in [2.75, 3.05) is 18.5 Å². The first-order valence-corrected chi connectivity index (χ1v) is 10.5. The zero-order chi connectivity index (χ0) is 22.3. The maximum atomic E-state index is 12.7. The van der Waals surface area contributed by atoms with E-state index in [1.807, 2.05) is 53.4 Å². The van der Waals surface area contributed by atoms with Crippen LogP contribution in [0.2, 0.25) is 0 Å². The van der Waals surface area contributed by atoms with Gasteiger partial charge in [-0.05, 0) is 42.3 Å². The largest absolute Gasteiger partial charge is 0.492 e. The van der Waals surface area contributed by atoms with E-state index in [-0.39, 0.29) is 30.3 Å². The Labute approximate surface area is 185 Å². The standard InChI is InChI=1S/C24H24N4O4/c29-22-10-5-13-27(22)17-18-6-4-7-19(16-18)25-24(31)21-11-12-23(30)28(26-21)14-15-32-20-8-2-1-3-9-20/h1-4,6-9,11-12,16H,5,10,13-15,17H2,(H,25,31). The van der Waals surface area contributed by atoms with E-state index in [1.54, 1.807) is 6.07 Å². The number of likely N-dealkylation sites (tertiary alicyclic amines) is 1. The number of hydrogen-bond acceptors (Lipinski definition) is 5. The van der Waals surface area contributed by atoms with Crippen LogP contribution in [0.25, 0.3) is 0 Å². The third-order valence-electron chi connectivity index (χ3n) is 5.14. The fraction of sp³-hybridized carbons (Fsp3) is 0.250. The Hall–Kier alpha value is -3.94. The molecule has 32 heavy (non-hydrogen) atoms. The van der Waals surface area contributed by atoms with Crippen LogP contribution < -0.4 is 15.6 Å². The maximum absolute atomic E-state index is 12.7. The molecule has 0 radical (unpaired) electrons. The van der Waals surface area contributed by atoms with Crippen molar-refractivity contribution >= 4 is 17.5 Å². The first-order valence-electron chi connectivity index (χ1n) is 10.5. The minimum Gasteiger partial charge on any atom is -0.492 e. The smallest absolute Gasteiger partial charge is 0.276 e. The van der Waals surface area contributed by atoms with Gasteiger partial charge in [-0.25, -0.2) is 4.68 Å². The van der Waals surface area contributed by atoms with Gasteiger partial charge in [0.05, 0.1) is 6.54 Å². The predicted molar refractivity (Wildman–Crippen MR) is 119 cm³/mol. The number of carbonyl (C=O) groups excluding carboxylic acids is 2.